The molecule has 0 N–H and O–H groups in total. The summed E-state index contributed by atoms with van der Waals surface area (Å²) >= 11 is 15.2. The number of carbonyl (C=O) groups is 1. The molecule has 0 saturated heterocycles. The second-order valence-electron chi connectivity index (χ2n) is 4.31. The summed E-state index contributed by atoms with van der Waals surface area (Å²) in [6.07, 6.45) is 1.29. The molecule has 1 unspecified atom stereocenters. The molecule has 0 saturated carbocycles. The van der Waals surface area contributed by atoms with Crippen molar-refractivity contribution < 1.29 is 4.79 Å². The number of hydrogen-bond acceptors (Lipinski definition) is 1. The van der Waals surface area contributed by atoms with Crippen molar-refractivity contribution in [3.63, 3.8) is 0 Å². The van der Waals surface area contributed by atoms with E-state index in [1.165, 1.54) is 0 Å². The van der Waals surface area contributed by atoms with Crippen molar-refractivity contribution in [2.24, 2.45) is 0 Å². The summed E-state index contributed by atoms with van der Waals surface area (Å²) < 4.78 is 0. The van der Waals surface area contributed by atoms with Gasteiger partial charge in [-0.15, -0.1) is 0 Å². The van der Waals surface area contributed by atoms with Crippen LogP contribution in [0.5, 0.6) is 0 Å². The van der Waals surface area contributed by atoms with Crippen LogP contribution in [0.15, 0.2) is 18.2 Å². The van der Waals surface area contributed by atoms with Gasteiger partial charge in [0.15, 0.2) is 0 Å². The van der Waals surface area contributed by atoms with Gasteiger partial charge in [-0.05, 0) is 24.1 Å². The highest BCUT2D eigenvalue weighted by Crippen LogP contribution is 2.23. The van der Waals surface area contributed by atoms with Crippen LogP contribution in [-0.4, -0.2) is 29.2 Å². The highest BCUT2D eigenvalue weighted by atomic mass is 79.9. The molecule has 0 aliphatic rings. The molecule has 18 heavy (non-hydrogen) atoms. The molecule has 1 amide bonds. The Labute approximate surface area is 126 Å². The SMILES string of the molecule is CC(Br)CCN(C)C(=O)Cc1ccc(Cl)c(Cl)c1. The van der Waals surface area contributed by atoms with Crippen LogP contribution in [0.1, 0.15) is 18.9 Å². The molecule has 1 atom stereocenters. The van der Waals surface area contributed by atoms with Crippen LogP contribution < -0.4 is 0 Å². The Hall–Kier alpha value is -0.250. The van der Waals surface area contributed by atoms with Crippen LogP contribution in [0.3, 0.4) is 0 Å². The molecule has 2 nitrogen and oxygen atoms in total. The maximum absolute atomic E-state index is 12.0. The number of halogens is 3. The van der Waals surface area contributed by atoms with Gasteiger partial charge in [0.2, 0.25) is 5.91 Å². The summed E-state index contributed by atoms with van der Waals surface area (Å²) in [5, 5.41) is 0.994. The predicted molar refractivity (Wildman–Crippen MR) is 80.8 cm³/mol. The van der Waals surface area contributed by atoms with Gasteiger partial charge in [-0.1, -0.05) is 52.1 Å². The molecule has 0 spiro atoms. The Kier molecular flexibility index (Phi) is 6.47. The number of nitrogens with zero attached hydrogens (tertiary/aromatic N) is 1. The Balaban J connectivity index is 2.55. The van der Waals surface area contributed by atoms with Gasteiger partial charge in [-0.2, -0.15) is 0 Å². The summed E-state index contributed by atoms with van der Waals surface area (Å²) in [5.41, 5.74) is 0.883. The molecule has 0 radical (unpaired) electrons. The minimum Gasteiger partial charge on any atom is -0.345 e. The third-order valence-electron chi connectivity index (χ3n) is 2.63. The lowest BCUT2D eigenvalue weighted by Crippen LogP contribution is -2.30. The summed E-state index contributed by atoms with van der Waals surface area (Å²) in [4.78, 5) is 14.1. The highest BCUT2D eigenvalue weighted by molar-refractivity contribution is 9.09. The summed E-state index contributed by atoms with van der Waals surface area (Å²) in [6, 6.07) is 5.28. The van der Waals surface area contributed by atoms with Crippen molar-refractivity contribution in [1.29, 1.82) is 0 Å². The molecule has 1 aromatic rings. The van der Waals surface area contributed by atoms with E-state index in [2.05, 4.69) is 22.9 Å². The van der Waals surface area contributed by atoms with Crippen molar-refractivity contribution in [1.82, 2.24) is 4.90 Å². The number of benzene rings is 1. The fourth-order valence-electron chi connectivity index (χ4n) is 1.46. The Morgan fingerprint density at radius 2 is 2.06 bits per heavy atom. The van der Waals surface area contributed by atoms with E-state index in [0.717, 1.165) is 18.5 Å². The van der Waals surface area contributed by atoms with Gasteiger partial charge in [0.1, 0.15) is 0 Å². The molecule has 0 aliphatic carbocycles. The van der Waals surface area contributed by atoms with E-state index in [0.29, 0.717) is 21.3 Å². The standard InChI is InChI=1S/C13H16BrCl2NO/c1-9(14)5-6-17(2)13(18)8-10-3-4-11(15)12(16)7-10/h3-4,7,9H,5-6,8H2,1-2H3. The maximum Gasteiger partial charge on any atom is 0.226 e. The van der Waals surface area contributed by atoms with E-state index in [-0.39, 0.29) is 5.91 Å². The predicted octanol–water partition coefficient (Wildman–Crippen LogP) is 4.17. The van der Waals surface area contributed by atoms with Crippen molar-refractivity contribution >= 4 is 45.0 Å². The maximum atomic E-state index is 12.0. The van der Waals surface area contributed by atoms with Gasteiger partial charge in [0.25, 0.3) is 0 Å². The molecule has 0 aromatic heterocycles. The molecule has 0 fully saturated rings. The molecule has 100 valence electrons. The molecule has 1 rings (SSSR count). The van der Waals surface area contributed by atoms with E-state index in [1.54, 1.807) is 17.0 Å². The molecular formula is C13H16BrCl2NO. The first kappa shape index (κ1) is 15.8. The number of hydrogen-bond donors (Lipinski definition) is 0. The number of alkyl halides is 1. The van der Waals surface area contributed by atoms with Crippen molar-refractivity contribution in [3.8, 4) is 0 Å². The van der Waals surface area contributed by atoms with Crippen LogP contribution in [-0.2, 0) is 11.2 Å². The zero-order valence-electron chi connectivity index (χ0n) is 10.4. The van der Waals surface area contributed by atoms with Crippen LogP contribution in [0.4, 0.5) is 0 Å². The fourth-order valence-corrected chi connectivity index (χ4v) is 1.98. The lowest BCUT2D eigenvalue weighted by Gasteiger charge is -2.18. The topological polar surface area (TPSA) is 20.3 Å². The van der Waals surface area contributed by atoms with E-state index in [1.807, 2.05) is 13.1 Å². The average molecular weight is 353 g/mol. The Morgan fingerprint density at radius 1 is 1.39 bits per heavy atom. The largest absolute Gasteiger partial charge is 0.345 e. The van der Waals surface area contributed by atoms with Crippen LogP contribution >= 0.6 is 39.1 Å². The van der Waals surface area contributed by atoms with Crippen molar-refractivity contribution in [2.45, 2.75) is 24.6 Å². The number of carbonyl (C=O) groups excluding carboxylic acids is 1. The third-order valence-corrected chi connectivity index (χ3v) is 3.82. The van der Waals surface area contributed by atoms with Gasteiger partial charge in [0, 0.05) is 18.4 Å². The number of likely N-dealkylation sites (N-methyl/N-ethyl adjacent to an activating group) is 1. The molecule has 0 aliphatic heterocycles. The normalized spacial score (nSPS) is 12.3. The summed E-state index contributed by atoms with van der Waals surface area (Å²) in [6.45, 7) is 2.81. The fraction of sp³-hybridized carbons (Fsp3) is 0.462. The van der Waals surface area contributed by atoms with Gasteiger partial charge in [-0.3, -0.25) is 4.79 Å². The van der Waals surface area contributed by atoms with Crippen LogP contribution in [0.25, 0.3) is 0 Å². The van der Waals surface area contributed by atoms with E-state index >= 15 is 0 Å². The lowest BCUT2D eigenvalue weighted by molar-refractivity contribution is -0.129. The lowest BCUT2D eigenvalue weighted by atomic mass is 10.1. The van der Waals surface area contributed by atoms with Gasteiger partial charge >= 0.3 is 0 Å². The first-order valence-electron chi connectivity index (χ1n) is 5.72. The first-order chi connectivity index (χ1) is 8.40. The van der Waals surface area contributed by atoms with E-state index < -0.39 is 0 Å². The van der Waals surface area contributed by atoms with Crippen molar-refractivity contribution in [2.75, 3.05) is 13.6 Å². The molecule has 0 heterocycles. The molecule has 1 aromatic carbocycles. The summed E-state index contributed by atoms with van der Waals surface area (Å²) in [7, 11) is 1.81. The quantitative estimate of drug-likeness (QED) is 0.728. The van der Waals surface area contributed by atoms with Crippen molar-refractivity contribution in [3.05, 3.63) is 33.8 Å². The van der Waals surface area contributed by atoms with Gasteiger partial charge in [0.05, 0.1) is 16.5 Å². The second-order valence-corrected chi connectivity index (χ2v) is 6.69. The smallest absolute Gasteiger partial charge is 0.226 e. The highest BCUT2D eigenvalue weighted by Gasteiger charge is 2.11. The summed E-state index contributed by atoms with van der Waals surface area (Å²) in [5.74, 6) is 0.0848. The Bertz CT molecular complexity index is 423. The number of amides is 1. The minimum atomic E-state index is 0.0848. The van der Waals surface area contributed by atoms with Gasteiger partial charge < -0.3 is 4.90 Å². The zero-order chi connectivity index (χ0) is 13.7. The average Bonchev–Trinajstić information content (AvgIpc) is 2.30. The third kappa shape index (κ3) is 5.17. The van der Waals surface area contributed by atoms with E-state index in [9.17, 15) is 4.79 Å². The monoisotopic (exact) mass is 351 g/mol. The van der Waals surface area contributed by atoms with Crippen LogP contribution in [0.2, 0.25) is 10.0 Å². The second kappa shape index (κ2) is 7.37. The molecular weight excluding hydrogens is 337 g/mol. The zero-order valence-corrected chi connectivity index (χ0v) is 13.5. The van der Waals surface area contributed by atoms with E-state index in [4.69, 9.17) is 23.2 Å². The molecule has 5 heteroatoms. The van der Waals surface area contributed by atoms with Gasteiger partial charge in [-0.25, -0.2) is 0 Å². The first-order valence-corrected chi connectivity index (χ1v) is 7.39. The Morgan fingerprint density at radius 3 is 2.61 bits per heavy atom. The van der Waals surface area contributed by atoms with Crippen LogP contribution in [0, 0.1) is 0 Å². The number of rotatable bonds is 5. The minimum absolute atomic E-state index is 0.0848. The molecule has 0 bridgehead atoms.